The smallest absolute Gasteiger partial charge is 0.114 e. The second-order valence-corrected chi connectivity index (χ2v) is 19.6. The van der Waals surface area contributed by atoms with Gasteiger partial charge in [0, 0.05) is 37.2 Å². The molecule has 0 unspecified atom stereocenters. The van der Waals surface area contributed by atoms with Gasteiger partial charge in [0.05, 0.1) is 0 Å². The summed E-state index contributed by atoms with van der Waals surface area (Å²) >= 11 is 1.95. The van der Waals surface area contributed by atoms with E-state index in [9.17, 15) is 0 Å². The molecule has 2 heterocycles. The zero-order valence-corrected chi connectivity index (χ0v) is 30.4. The Balaban J connectivity index is 1.13. The fourth-order valence-corrected chi connectivity index (χ4v) is 12.6. The topological polar surface area (TPSA) is 3.24 Å². The first kappa shape index (κ1) is 30.1. The highest BCUT2D eigenvalue weighted by molar-refractivity contribution is 7.26. The molecule has 0 saturated heterocycles. The molecule has 0 N–H and O–H groups in total. The van der Waals surface area contributed by atoms with E-state index >= 15 is 0 Å². The maximum absolute atomic E-state index is 2.53. The molecule has 1 aliphatic heterocycles. The van der Waals surface area contributed by atoms with E-state index in [-0.39, 0.29) is 0 Å². The molecule has 8 aromatic carbocycles. The minimum atomic E-state index is -1.98. The van der Waals surface area contributed by atoms with Crippen LogP contribution in [0.25, 0.3) is 64.3 Å². The van der Waals surface area contributed by atoms with Crippen LogP contribution in [0.5, 0.6) is 0 Å². The summed E-state index contributed by atoms with van der Waals surface area (Å²) < 4.78 is 2.79. The van der Waals surface area contributed by atoms with Gasteiger partial charge in [0.1, 0.15) is 8.07 Å². The maximum atomic E-state index is 2.53. The summed E-state index contributed by atoms with van der Waals surface area (Å²) in [5.41, 5.74) is 11.3. The van der Waals surface area contributed by atoms with Crippen LogP contribution in [0, 0.1) is 0 Å². The Bertz CT molecular complexity index is 2760. The van der Waals surface area contributed by atoms with E-state index in [2.05, 4.69) is 194 Å². The first-order chi connectivity index (χ1) is 25.0. The third-order valence-electron chi connectivity index (χ3n) is 10.8. The summed E-state index contributed by atoms with van der Waals surface area (Å²) in [5.74, 6) is 0. The van der Waals surface area contributed by atoms with Crippen LogP contribution in [0.3, 0.4) is 0 Å². The summed E-state index contributed by atoms with van der Waals surface area (Å²) in [5, 5.41) is 8.27. The van der Waals surface area contributed by atoms with Crippen LogP contribution < -0.4 is 15.3 Å². The molecule has 0 fully saturated rings. The highest BCUT2D eigenvalue weighted by atomic mass is 32.1. The maximum Gasteiger partial charge on any atom is 0.114 e. The van der Waals surface area contributed by atoms with Crippen molar-refractivity contribution in [2.75, 3.05) is 4.90 Å². The molecular weight excluding hydrogens is 651 g/mol. The molecule has 51 heavy (non-hydrogen) atoms. The Morgan fingerprint density at radius 3 is 1.80 bits per heavy atom. The third-order valence-corrected chi connectivity index (χ3v) is 15.6. The second-order valence-electron chi connectivity index (χ2n) is 14.2. The molecule has 10 rings (SSSR count). The van der Waals surface area contributed by atoms with Crippen LogP contribution in [0.4, 0.5) is 17.1 Å². The number of thiophene rings is 1. The van der Waals surface area contributed by atoms with E-state index < -0.39 is 8.07 Å². The van der Waals surface area contributed by atoms with E-state index in [1.54, 1.807) is 5.19 Å². The van der Waals surface area contributed by atoms with Crippen molar-refractivity contribution in [2.24, 2.45) is 0 Å². The van der Waals surface area contributed by atoms with E-state index in [1.807, 2.05) is 11.3 Å². The van der Waals surface area contributed by atoms with Crippen molar-refractivity contribution in [3.05, 3.63) is 176 Å². The van der Waals surface area contributed by atoms with Gasteiger partial charge in [-0.25, -0.2) is 0 Å². The molecule has 1 nitrogen and oxygen atoms in total. The zero-order valence-electron chi connectivity index (χ0n) is 28.6. The monoisotopic (exact) mass is 685 g/mol. The van der Waals surface area contributed by atoms with Crippen LogP contribution in [0.2, 0.25) is 13.1 Å². The zero-order chi connectivity index (χ0) is 34.1. The number of fused-ring (bicyclic) bond motifs is 8. The molecule has 1 aromatic heterocycles. The van der Waals surface area contributed by atoms with Gasteiger partial charge in [-0.15, -0.1) is 11.3 Å². The molecule has 0 radical (unpaired) electrons. The number of anilines is 3. The van der Waals surface area contributed by atoms with Crippen LogP contribution >= 0.6 is 11.3 Å². The summed E-state index contributed by atoms with van der Waals surface area (Å²) in [6.07, 6.45) is 0. The van der Waals surface area contributed by atoms with Gasteiger partial charge >= 0.3 is 0 Å². The summed E-state index contributed by atoms with van der Waals surface area (Å²) in [6.45, 7) is 5.06. The Labute approximate surface area is 303 Å². The summed E-state index contributed by atoms with van der Waals surface area (Å²) in [7, 11) is -1.98. The fraction of sp³-hybridized carbons (Fsp3) is 0.0417. The minimum absolute atomic E-state index is 1.15. The molecule has 3 heteroatoms. The summed E-state index contributed by atoms with van der Waals surface area (Å²) in [6, 6.07) is 65.0. The van der Waals surface area contributed by atoms with Crippen molar-refractivity contribution in [1.82, 2.24) is 0 Å². The van der Waals surface area contributed by atoms with Gasteiger partial charge in [0.2, 0.25) is 0 Å². The first-order valence-corrected chi connectivity index (χ1v) is 21.5. The molecular formula is C48H35NSSi. The summed E-state index contributed by atoms with van der Waals surface area (Å²) in [4.78, 5) is 2.45. The second kappa shape index (κ2) is 11.7. The molecule has 0 spiro atoms. The highest BCUT2D eigenvalue weighted by Gasteiger charge is 2.39. The van der Waals surface area contributed by atoms with E-state index in [0.717, 1.165) is 11.4 Å². The Hall–Kier alpha value is -5.74. The fourth-order valence-electron chi connectivity index (χ4n) is 8.19. The molecule has 0 aliphatic carbocycles. The highest BCUT2D eigenvalue weighted by Crippen LogP contribution is 2.44. The van der Waals surface area contributed by atoms with Crippen LogP contribution in [-0.2, 0) is 0 Å². The van der Waals surface area contributed by atoms with Gasteiger partial charge < -0.3 is 4.90 Å². The number of nitrogens with zero attached hydrogens (tertiary/aromatic N) is 1. The van der Waals surface area contributed by atoms with Crippen LogP contribution in [-0.4, -0.2) is 8.07 Å². The number of hydrogen-bond acceptors (Lipinski definition) is 2. The lowest BCUT2D eigenvalue weighted by Crippen LogP contribution is -2.49. The molecule has 1 aliphatic rings. The Kier molecular flexibility index (Phi) is 6.89. The third kappa shape index (κ3) is 4.88. The largest absolute Gasteiger partial charge is 0.310 e. The van der Waals surface area contributed by atoms with Crippen molar-refractivity contribution in [1.29, 1.82) is 0 Å². The predicted molar refractivity (Wildman–Crippen MR) is 225 cm³/mol. The average molecular weight is 686 g/mol. The standard InChI is InChI=1S/C48H35NSSi/c1-51(2)45-28-27-42-41-15-9-10-16-44(41)50-48(42)47(45)43-26-25-40(31-46(43)51)49(38-22-19-34(20-23-38)32-11-5-3-6-12-32)39-24-21-36-29-35(17-18-37(36)30-39)33-13-7-4-8-14-33/h3-31H,1-2H3. The first-order valence-electron chi connectivity index (χ1n) is 17.7. The lowest BCUT2D eigenvalue weighted by molar-refractivity contribution is 1.29. The van der Waals surface area contributed by atoms with Crippen LogP contribution in [0.1, 0.15) is 0 Å². The quantitative estimate of drug-likeness (QED) is 0.163. The predicted octanol–water partition coefficient (Wildman–Crippen LogP) is 12.8. The lowest BCUT2D eigenvalue weighted by Gasteiger charge is -2.28. The molecule has 0 amide bonds. The van der Waals surface area contributed by atoms with Crippen molar-refractivity contribution in [3.8, 4) is 33.4 Å². The average Bonchev–Trinajstić information content (AvgIpc) is 3.67. The van der Waals surface area contributed by atoms with Gasteiger partial charge in [0.25, 0.3) is 0 Å². The normalized spacial score (nSPS) is 13.1. The number of benzene rings is 8. The van der Waals surface area contributed by atoms with E-state index in [0.29, 0.717) is 0 Å². The van der Waals surface area contributed by atoms with Crippen molar-refractivity contribution >= 4 is 77.8 Å². The van der Waals surface area contributed by atoms with Gasteiger partial charge in [-0.2, -0.15) is 0 Å². The SMILES string of the molecule is C[Si]1(C)c2cc(N(c3ccc(-c4ccccc4)cc3)c3ccc4cc(-c5ccccc5)ccc4c3)ccc2-c2c1ccc1c2sc2ccccc21. The van der Waals surface area contributed by atoms with Gasteiger partial charge in [-0.3, -0.25) is 0 Å². The van der Waals surface area contributed by atoms with E-state index in [4.69, 9.17) is 0 Å². The number of rotatable bonds is 5. The molecule has 0 saturated carbocycles. The number of hydrogen-bond donors (Lipinski definition) is 0. The lowest BCUT2D eigenvalue weighted by atomic mass is 10.00. The Morgan fingerprint density at radius 1 is 0.431 bits per heavy atom. The van der Waals surface area contributed by atoms with Crippen LogP contribution in [0.15, 0.2) is 176 Å². The van der Waals surface area contributed by atoms with Gasteiger partial charge in [0.15, 0.2) is 0 Å². The minimum Gasteiger partial charge on any atom is -0.310 e. The van der Waals surface area contributed by atoms with E-state index in [1.165, 1.54) is 75.2 Å². The Morgan fingerprint density at radius 2 is 1.02 bits per heavy atom. The molecule has 242 valence electrons. The van der Waals surface area contributed by atoms with Gasteiger partial charge in [-0.1, -0.05) is 140 Å². The molecule has 0 atom stereocenters. The molecule has 0 bridgehead atoms. The van der Waals surface area contributed by atoms with Crippen molar-refractivity contribution in [2.45, 2.75) is 13.1 Å². The molecule has 9 aromatic rings. The van der Waals surface area contributed by atoms with Gasteiger partial charge in [-0.05, 0) is 103 Å². The van der Waals surface area contributed by atoms with Crippen molar-refractivity contribution < 1.29 is 0 Å². The van der Waals surface area contributed by atoms with Crippen molar-refractivity contribution in [3.63, 3.8) is 0 Å².